The fraction of sp³-hybridized carbons (Fsp3) is 0.103. The second-order valence-electron chi connectivity index (χ2n) is 17.4. The highest BCUT2D eigenvalue weighted by Crippen LogP contribution is 2.60. The van der Waals surface area contributed by atoms with Crippen LogP contribution in [0.1, 0.15) is 49.9 Å². The van der Waals surface area contributed by atoms with Crippen LogP contribution in [-0.4, -0.2) is 0 Å². The van der Waals surface area contributed by atoms with E-state index < -0.39 is 0 Å². The fourth-order valence-corrected chi connectivity index (χ4v) is 10.0. The standard InChI is InChI=1S/C58H46N2/c1-57(2)50-21-10-12-23-54(50)60-55-24-13-11-22-51(55)58(3,4)53-38-44(37-52(57)56(53)60)41-27-33-46(34-28-41)59(45-31-25-40(26-32-45)39-15-6-5-7-16-39)47-35-29-43(30-36-47)49-20-14-18-42-17-8-9-19-48(42)49/h5-38H,1-4H3. The van der Waals surface area contributed by atoms with E-state index in [0.29, 0.717) is 0 Å². The summed E-state index contributed by atoms with van der Waals surface area (Å²) in [6.45, 7) is 9.58. The maximum Gasteiger partial charge on any atom is 0.0544 e. The van der Waals surface area contributed by atoms with Gasteiger partial charge in [-0.2, -0.15) is 0 Å². The molecule has 288 valence electrons. The molecule has 0 saturated heterocycles. The number of fused-ring (bicyclic) bond motifs is 5. The Kier molecular flexibility index (Phi) is 8.22. The Morgan fingerprint density at radius 3 is 1.35 bits per heavy atom. The van der Waals surface area contributed by atoms with E-state index in [1.165, 1.54) is 83.5 Å². The Balaban J connectivity index is 1.02. The zero-order valence-electron chi connectivity index (χ0n) is 34.5. The van der Waals surface area contributed by atoms with E-state index in [9.17, 15) is 0 Å². The van der Waals surface area contributed by atoms with Gasteiger partial charge in [-0.15, -0.1) is 0 Å². The maximum atomic E-state index is 2.53. The Morgan fingerprint density at radius 1 is 0.350 bits per heavy atom. The molecular formula is C58H46N2. The Morgan fingerprint density at radius 2 is 0.783 bits per heavy atom. The smallest absolute Gasteiger partial charge is 0.0544 e. The molecule has 0 atom stereocenters. The molecule has 0 N–H and O–H groups in total. The lowest BCUT2D eigenvalue weighted by Gasteiger charge is -2.49. The first kappa shape index (κ1) is 36.0. The predicted molar refractivity (Wildman–Crippen MR) is 254 cm³/mol. The molecular weight excluding hydrogens is 725 g/mol. The van der Waals surface area contributed by atoms with Gasteiger partial charge in [-0.25, -0.2) is 0 Å². The summed E-state index contributed by atoms with van der Waals surface area (Å²) in [6, 6.07) is 75.9. The van der Waals surface area contributed by atoms with E-state index in [2.05, 4.69) is 244 Å². The van der Waals surface area contributed by atoms with Crippen LogP contribution in [0, 0.1) is 0 Å². The number of para-hydroxylation sites is 2. The van der Waals surface area contributed by atoms with Gasteiger partial charge in [0.15, 0.2) is 0 Å². The van der Waals surface area contributed by atoms with E-state index >= 15 is 0 Å². The van der Waals surface area contributed by atoms with Gasteiger partial charge in [0.2, 0.25) is 0 Å². The Labute approximate surface area is 353 Å². The third kappa shape index (κ3) is 5.62. The van der Waals surface area contributed by atoms with Crippen LogP contribution in [0.15, 0.2) is 206 Å². The third-order valence-electron chi connectivity index (χ3n) is 13.2. The lowest BCUT2D eigenvalue weighted by molar-refractivity contribution is 0.598. The van der Waals surface area contributed by atoms with Crippen LogP contribution in [0.25, 0.3) is 44.2 Å². The van der Waals surface area contributed by atoms with Crippen LogP contribution in [0.2, 0.25) is 0 Å². The Hall–Kier alpha value is -7.16. The largest absolute Gasteiger partial charge is 0.311 e. The molecule has 0 amide bonds. The van der Waals surface area contributed by atoms with Gasteiger partial charge in [0.05, 0.1) is 17.1 Å². The zero-order valence-corrected chi connectivity index (χ0v) is 34.5. The molecule has 0 aliphatic carbocycles. The highest BCUT2D eigenvalue weighted by atomic mass is 15.2. The summed E-state index contributed by atoms with van der Waals surface area (Å²) in [6.07, 6.45) is 0. The lowest BCUT2D eigenvalue weighted by atomic mass is 9.65. The molecule has 60 heavy (non-hydrogen) atoms. The molecule has 2 heterocycles. The number of hydrogen-bond acceptors (Lipinski definition) is 2. The number of nitrogens with zero attached hydrogens (tertiary/aromatic N) is 2. The van der Waals surface area contributed by atoms with Crippen molar-refractivity contribution >= 4 is 44.9 Å². The van der Waals surface area contributed by atoms with Gasteiger partial charge in [0, 0.05) is 27.9 Å². The molecule has 9 aromatic rings. The molecule has 0 fully saturated rings. The van der Waals surface area contributed by atoms with Crippen LogP contribution in [0.4, 0.5) is 34.1 Å². The fourth-order valence-electron chi connectivity index (χ4n) is 10.0. The summed E-state index contributed by atoms with van der Waals surface area (Å²) in [5, 5.41) is 2.52. The molecule has 0 bridgehead atoms. The van der Waals surface area contributed by atoms with Gasteiger partial charge < -0.3 is 9.80 Å². The maximum absolute atomic E-state index is 2.53. The van der Waals surface area contributed by atoms with Crippen LogP contribution in [-0.2, 0) is 10.8 Å². The molecule has 0 spiro atoms. The molecule has 2 aliphatic heterocycles. The van der Waals surface area contributed by atoms with Crippen molar-refractivity contribution in [2.45, 2.75) is 38.5 Å². The van der Waals surface area contributed by atoms with Crippen LogP contribution < -0.4 is 9.80 Å². The SMILES string of the molecule is CC1(C)c2ccccc2N2c3ccccc3C(C)(C)c3cc(-c4ccc(N(c5ccc(-c6ccccc6)cc5)c5ccc(-c6cccc7ccccc67)cc5)cc4)cc1c32. The summed E-state index contributed by atoms with van der Waals surface area (Å²) in [4.78, 5) is 4.91. The summed E-state index contributed by atoms with van der Waals surface area (Å²) in [5.74, 6) is 0. The topological polar surface area (TPSA) is 6.48 Å². The van der Waals surface area contributed by atoms with E-state index in [0.717, 1.165) is 17.1 Å². The average Bonchev–Trinajstić information content (AvgIpc) is 3.30. The second kappa shape index (κ2) is 13.7. The molecule has 9 aromatic carbocycles. The molecule has 0 unspecified atom stereocenters. The monoisotopic (exact) mass is 770 g/mol. The Bertz CT molecular complexity index is 2980. The van der Waals surface area contributed by atoms with Gasteiger partial charge in [-0.3, -0.25) is 0 Å². The van der Waals surface area contributed by atoms with Crippen LogP contribution in [0.3, 0.4) is 0 Å². The molecule has 2 heteroatoms. The van der Waals surface area contributed by atoms with Crippen molar-refractivity contribution in [1.29, 1.82) is 0 Å². The zero-order chi connectivity index (χ0) is 40.6. The minimum absolute atomic E-state index is 0.184. The summed E-state index contributed by atoms with van der Waals surface area (Å²) >= 11 is 0. The van der Waals surface area contributed by atoms with Crippen LogP contribution >= 0.6 is 0 Å². The normalized spacial score (nSPS) is 14.2. The summed E-state index contributed by atoms with van der Waals surface area (Å²) in [5.41, 5.74) is 19.6. The molecule has 0 radical (unpaired) electrons. The van der Waals surface area contributed by atoms with E-state index in [4.69, 9.17) is 0 Å². The minimum atomic E-state index is -0.184. The first-order valence-corrected chi connectivity index (χ1v) is 21.1. The average molecular weight is 771 g/mol. The predicted octanol–water partition coefficient (Wildman–Crippen LogP) is 16.1. The molecule has 0 saturated carbocycles. The van der Waals surface area contributed by atoms with Gasteiger partial charge in [0.25, 0.3) is 0 Å². The van der Waals surface area contributed by atoms with Crippen LogP contribution in [0.5, 0.6) is 0 Å². The minimum Gasteiger partial charge on any atom is -0.311 e. The van der Waals surface area contributed by atoms with Crippen molar-refractivity contribution in [2.24, 2.45) is 0 Å². The summed E-state index contributed by atoms with van der Waals surface area (Å²) in [7, 11) is 0. The van der Waals surface area contributed by atoms with E-state index in [1.807, 2.05) is 0 Å². The molecule has 0 aromatic heterocycles. The van der Waals surface area contributed by atoms with Crippen molar-refractivity contribution in [1.82, 2.24) is 0 Å². The van der Waals surface area contributed by atoms with Gasteiger partial charge in [0.1, 0.15) is 0 Å². The summed E-state index contributed by atoms with van der Waals surface area (Å²) < 4.78 is 0. The lowest BCUT2D eigenvalue weighted by Crippen LogP contribution is -2.38. The highest BCUT2D eigenvalue weighted by molar-refractivity contribution is 5.97. The van der Waals surface area contributed by atoms with Crippen molar-refractivity contribution in [3.63, 3.8) is 0 Å². The number of hydrogen-bond donors (Lipinski definition) is 0. The number of rotatable bonds is 6. The third-order valence-corrected chi connectivity index (χ3v) is 13.2. The van der Waals surface area contributed by atoms with Crippen molar-refractivity contribution in [3.8, 4) is 33.4 Å². The van der Waals surface area contributed by atoms with E-state index in [1.54, 1.807) is 0 Å². The van der Waals surface area contributed by atoms with Gasteiger partial charge in [-0.1, -0.05) is 173 Å². The first-order chi connectivity index (χ1) is 29.3. The van der Waals surface area contributed by atoms with Crippen molar-refractivity contribution in [3.05, 3.63) is 229 Å². The quantitative estimate of drug-likeness (QED) is 0.166. The second-order valence-corrected chi connectivity index (χ2v) is 17.4. The number of benzene rings is 9. The van der Waals surface area contributed by atoms with Gasteiger partial charge >= 0.3 is 0 Å². The molecule has 2 nitrogen and oxygen atoms in total. The molecule has 2 aliphatic rings. The highest BCUT2D eigenvalue weighted by Gasteiger charge is 2.45. The van der Waals surface area contributed by atoms with E-state index in [-0.39, 0.29) is 10.8 Å². The van der Waals surface area contributed by atoms with Crippen molar-refractivity contribution < 1.29 is 0 Å². The first-order valence-electron chi connectivity index (χ1n) is 21.1. The van der Waals surface area contributed by atoms with Crippen molar-refractivity contribution in [2.75, 3.05) is 9.80 Å². The number of anilines is 6. The molecule has 11 rings (SSSR count). The van der Waals surface area contributed by atoms with Gasteiger partial charge in [-0.05, 0) is 127 Å².